The lowest BCUT2D eigenvalue weighted by atomic mass is 10.3. The first-order chi connectivity index (χ1) is 9.19. The number of aromatic amines is 1. The zero-order valence-electron chi connectivity index (χ0n) is 10.4. The van der Waals surface area contributed by atoms with E-state index in [4.69, 9.17) is 16.3 Å². The minimum Gasteiger partial charge on any atom is -0.482 e. The summed E-state index contributed by atoms with van der Waals surface area (Å²) in [5, 5.41) is 9.89. The van der Waals surface area contributed by atoms with E-state index in [2.05, 4.69) is 15.5 Å². The molecule has 0 radical (unpaired) electrons. The van der Waals surface area contributed by atoms with Gasteiger partial charge in [-0.2, -0.15) is 5.10 Å². The minimum atomic E-state index is -0.283. The number of nitrogens with zero attached hydrogens (tertiary/aromatic N) is 1. The summed E-state index contributed by atoms with van der Waals surface area (Å²) >= 11 is 5.92. The highest BCUT2D eigenvalue weighted by Gasteiger charge is 2.07. The number of hydrogen-bond acceptors (Lipinski definition) is 3. The Morgan fingerprint density at radius 3 is 2.95 bits per heavy atom. The highest BCUT2D eigenvalue weighted by molar-refractivity contribution is 6.32. The Balaban J connectivity index is 1.86. The number of ether oxygens (including phenoxy) is 1. The SMILES string of the molecule is CCc1cc(NC(=O)COc2ccccc2Cl)n[nH]1. The van der Waals surface area contributed by atoms with Crippen LogP contribution in [-0.4, -0.2) is 22.7 Å². The number of anilines is 1. The van der Waals surface area contributed by atoms with Crippen molar-refractivity contribution in [2.24, 2.45) is 0 Å². The van der Waals surface area contributed by atoms with Crippen molar-refractivity contribution >= 4 is 23.3 Å². The van der Waals surface area contributed by atoms with Crippen LogP contribution in [0, 0.1) is 0 Å². The molecule has 2 aromatic rings. The number of carbonyl (C=O) groups excluding carboxylic acids is 1. The van der Waals surface area contributed by atoms with E-state index in [1.165, 1.54) is 0 Å². The zero-order chi connectivity index (χ0) is 13.7. The quantitative estimate of drug-likeness (QED) is 0.884. The largest absolute Gasteiger partial charge is 0.482 e. The van der Waals surface area contributed by atoms with Crippen LogP contribution in [0.4, 0.5) is 5.82 Å². The molecule has 1 aromatic carbocycles. The van der Waals surface area contributed by atoms with Crippen LogP contribution in [0.1, 0.15) is 12.6 Å². The normalized spacial score (nSPS) is 10.2. The summed E-state index contributed by atoms with van der Waals surface area (Å²) in [5.74, 6) is 0.689. The number of aryl methyl sites for hydroxylation is 1. The average Bonchev–Trinajstić information content (AvgIpc) is 2.85. The van der Waals surface area contributed by atoms with Crippen molar-refractivity contribution in [3.63, 3.8) is 0 Å². The summed E-state index contributed by atoms with van der Waals surface area (Å²) < 4.78 is 5.32. The predicted molar refractivity (Wildman–Crippen MR) is 73.5 cm³/mol. The second kappa shape index (κ2) is 6.24. The zero-order valence-corrected chi connectivity index (χ0v) is 11.2. The molecule has 1 amide bonds. The van der Waals surface area contributed by atoms with E-state index in [0.717, 1.165) is 12.1 Å². The van der Waals surface area contributed by atoms with Gasteiger partial charge in [0.2, 0.25) is 0 Å². The molecule has 6 heteroatoms. The van der Waals surface area contributed by atoms with E-state index < -0.39 is 0 Å². The number of para-hydroxylation sites is 1. The molecular weight excluding hydrogens is 266 g/mol. The molecule has 1 heterocycles. The van der Waals surface area contributed by atoms with Crippen molar-refractivity contribution in [3.8, 4) is 5.75 Å². The van der Waals surface area contributed by atoms with Crippen LogP contribution in [-0.2, 0) is 11.2 Å². The molecule has 0 aliphatic carbocycles. The van der Waals surface area contributed by atoms with Gasteiger partial charge < -0.3 is 10.1 Å². The smallest absolute Gasteiger partial charge is 0.263 e. The van der Waals surface area contributed by atoms with Crippen molar-refractivity contribution in [3.05, 3.63) is 41.0 Å². The van der Waals surface area contributed by atoms with Gasteiger partial charge in [0.25, 0.3) is 5.91 Å². The minimum absolute atomic E-state index is 0.113. The highest BCUT2D eigenvalue weighted by atomic mass is 35.5. The number of hydrogen-bond donors (Lipinski definition) is 2. The lowest BCUT2D eigenvalue weighted by Crippen LogP contribution is -2.20. The van der Waals surface area contributed by atoms with Gasteiger partial charge in [0.05, 0.1) is 5.02 Å². The number of amides is 1. The second-order valence-corrected chi connectivity index (χ2v) is 4.31. The Labute approximate surface area is 115 Å². The van der Waals surface area contributed by atoms with Gasteiger partial charge in [-0.1, -0.05) is 30.7 Å². The summed E-state index contributed by atoms with van der Waals surface area (Å²) in [5.41, 5.74) is 0.960. The first-order valence-corrected chi connectivity index (χ1v) is 6.28. The number of rotatable bonds is 5. The molecule has 1 aromatic heterocycles. The number of benzene rings is 1. The van der Waals surface area contributed by atoms with E-state index >= 15 is 0 Å². The van der Waals surface area contributed by atoms with Crippen LogP contribution in [0.5, 0.6) is 5.75 Å². The second-order valence-electron chi connectivity index (χ2n) is 3.90. The van der Waals surface area contributed by atoms with Gasteiger partial charge in [0, 0.05) is 11.8 Å². The van der Waals surface area contributed by atoms with Gasteiger partial charge in [0.1, 0.15) is 5.75 Å². The molecule has 0 saturated heterocycles. The number of H-pyrrole nitrogens is 1. The molecule has 0 unspecified atom stereocenters. The van der Waals surface area contributed by atoms with E-state index in [1.54, 1.807) is 30.3 Å². The predicted octanol–water partition coefficient (Wildman–Crippen LogP) is 2.64. The topological polar surface area (TPSA) is 67.0 Å². The number of nitrogens with one attached hydrogen (secondary N) is 2. The molecule has 100 valence electrons. The standard InChI is InChI=1S/C13H14ClN3O2/c1-2-9-7-12(17-16-9)15-13(18)8-19-11-6-4-3-5-10(11)14/h3-7H,2,8H2,1H3,(H2,15,16,17,18). The molecule has 0 aliphatic heterocycles. The van der Waals surface area contributed by atoms with Crippen LogP contribution in [0.3, 0.4) is 0 Å². The molecule has 0 aliphatic rings. The Hall–Kier alpha value is -2.01. The fraction of sp³-hybridized carbons (Fsp3) is 0.231. The molecule has 0 fully saturated rings. The third kappa shape index (κ3) is 3.72. The third-order valence-electron chi connectivity index (χ3n) is 2.47. The van der Waals surface area contributed by atoms with Crippen molar-refractivity contribution in [1.82, 2.24) is 10.2 Å². The van der Waals surface area contributed by atoms with Crippen LogP contribution in [0.25, 0.3) is 0 Å². The highest BCUT2D eigenvalue weighted by Crippen LogP contribution is 2.22. The molecule has 2 N–H and O–H groups in total. The van der Waals surface area contributed by atoms with Gasteiger partial charge in [-0.3, -0.25) is 9.89 Å². The third-order valence-corrected chi connectivity index (χ3v) is 2.79. The Morgan fingerprint density at radius 2 is 2.26 bits per heavy atom. The van der Waals surface area contributed by atoms with E-state index in [0.29, 0.717) is 16.6 Å². The van der Waals surface area contributed by atoms with Crippen LogP contribution < -0.4 is 10.1 Å². The fourth-order valence-corrected chi connectivity index (χ4v) is 1.68. The molecule has 0 spiro atoms. The molecule has 5 nitrogen and oxygen atoms in total. The maximum atomic E-state index is 11.7. The Bertz CT molecular complexity index is 569. The summed E-state index contributed by atoms with van der Waals surface area (Å²) in [6.07, 6.45) is 0.832. The maximum Gasteiger partial charge on any atom is 0.263 e. The Morgan fingerprint density at radius 1 is 1.47 bits per heavy atom. The van der Waals surface area contributed by atoms with Crippen molar-refractivity contribution in [2.75, 3.05) is 11.9 Å². The number of carbonyl (C=O) groups is 1. The average molecular weight is 280 g/mol. The molecule has 2 rings (SSSR count). The van der Waals surface area contributed by atoms with Gasteiger partial charge in [-0.25, -0.2) is 0 Å². The van der Waals surface area contributed by atoms with Gasteiger partial charge in [-0.05, 0) is 18.6 Å². The van der Waals surface area contributed by atoms with Crippen molar-refractivity contribution < 1.29 is 9.53 Å². The van der Waals surface area contributed by atoms with Gasteiger partial charge in [0.15, 0.2) is 12.4 Å². The molecule has 0 atom stereocenters. The molecule has 0 bridgehead atoms. The molecule has 19 heavy (non-hydrogen) atoms. The van der Waals surface area contributed by atoms with E-state index in [1.807, 2.05) is 6.92 Å². The lowest BCUT2D eigenvalue weighted by Gasteiger charge is -2.06. The first kappa shape index (κ1) is 13.4. The molecule has 0 saturated carbocycles. The Kier molecular flexibility index (Phi) is 4.41. The van der Waals surface area contributed by atoms with E-state index in [9.17, 15) is 4.79 Å². The summed E-state index contributed by atoms with van der Waals surface area (Å²) in [6.45, 7) is 1.89. The summed E-state index contributed by atoms with van der Waals surface area (Å²) in [4.78, 5) is 11.7. The van der Waals surface area contributed by atoms with Crippen molar-refractivity contribution in [2.45, 2.75) is 13.3 Å². The maximum absolute atomic E-state index is 11.7. The van der Waals surface area contributed by atoms with Crippen LogP contribution >= 0.6 is 11.6 Å². The monoisotopic (exact) mass is 279 g/mol. The summed E-state index contributed by atoms with van der Waals surface area (Å²) in [7, 11) is 0. The van der Waals surface area contributed by atoms with Crippen LogP contribution in [0.15, 0.2) is 30.3 Å². The van der Waals surface area contributed by atoms with E-state index in [-0.39, 0.29) is 12.5 Å². The molecular formula is C13H14ClN3O2. The first-order valence-electron chi connectivity index (χ1n) is 5.90. The number of aromatic nitrogens is 2. The lowest BCUT2D eigenvalue weighted by molar-refractivity contribution is -0.118. The van der Waals surface area contributed by atoms with Gasteiger partial charge >= 0.3 is 0 Å². The van der Waals surface area contributed by atoms with Crippen molar-refractivity contribution in [1.29, 1.82) is 0 Å². The summed E-state index contributed by atoms with van der Waals surface area (Å²) in [6, 6.07) is 8.79. The number of halogens is 1. The van der Waals surface area contributed by atoms with Crippen LogP contribution in [0.2, 0.25) is 5.02 Å². The van der Waals surface area contributed by atoms with Gasteiger partial charge in [-0.15, -0.1) is 0 Å². The fourth-order valence-electron chi connectivity index (χ4n) is 1.49.